The number of tetrazole rings is 1. The molecule has 0 aliphatic heterocycles. The van der Waals surface area contributed by atoms with Gasteiger partial charge in [0.25, 0.3) is 0 Å². The zero-order valence-corrected chi connectivity index (χ0v) is 11.4. The summed E-state index contributed by atoms with van der Waals surface area (Å²) in [5.41, 5.74) is 0.809. The van der Waals surface area contributed by atoms with E-state index in [2.05, 4.69) is 20.7 Å². The van der Waals surface area contributed by atoms with Crippen LogP contribution in [-0.4, -0.2) is 43.7 Å². The van der Waals surface area contributed by atoms with Gasteiger partial charge >= 0.3 is 5.97 Å². The van der Waals surface area contributed by atoms with Crippen LogP contribution in [0.15, 0.2) is 30.3 Å². The minimum Gasteiger partial charge on any atom is -0.481 e. The SMILES string of the molecule is CC(CNC(=O)Cn1nnc(-c2ccccc2)n1)C(=O)O. The van der Waals surface area contributed by atoms with E-state index in [1.165, 1.54) is 11.7 Å². The summed E-state index contributed by atoms with van der Waals surface area (Å²) in [5, 5.41) is 23.0. The molecular formula is C13H15N5O3. The predicted molar refractivity (Wildman–Crippen MR) is 73.1 cm³/mol. The van der Waals surface area contributed by atoms with E-state index in [1.54, 1.807) is 0 Å². The van der Waals surface area contributed by atoms with Crippen LogP contribution < -0.4 is 5.32 Å². The zero-order chi connectivity index (χ0) is 15.2. The van der Waals surface area contributed by atoms with E-state index in [0.29, 0.717) is 5.82 Å². The molecule has 1 aromatic heterocycles. The lowest BCUT2D eigenvalue weighted by molar-refractivity contribution is -0.141. The van der Waals surface area contributed by atoms with E-state index in [9.17, 15) is 9.59 Å². The molecule has 0 radical (unpaired) electrons. The molecule has 2 rings (SSSR count). The van der Waals surface area contributed by atoms with Gasteiger partial charge in [-0.3, -0.25) is 9.59 Å². The first-order chi connectivity index (χ1) is 10.1. The van der Waals surface area contributed by atoms with E-state index in [0.717, 1.165) is 5.56 Å². The molecule has 0 bridgehead atoms. The lowest BCUT2D eigenvalue weighted by atomic mass is 10.2. The number of rotatable bonds is 6. The van der Waals surface area contributed by atoms with Crippen LogP contribution in [0.4, 0.5) is 0 Å². The van der Waals surface area contributed by atoms with Gasteiger partial charge in [0.15, 0.2) is 0 Å². The Morgan fingerprint density at radius 1 is 1.33 bits per heavy atom. The summed E-state index contributed by atoms with van der Waals surface area (Å²) < 4.78 is 0. The fourth-order valence-corrected chi connectivity index (χ4v) is 1.55. The Balaban J connectivity index is 1.91. The van der Waals surface area contributed by atoms with Crippen LogP contribution in [-0.2, 0) is 16.1 Å². The smallest absolute Gasteiger partial charge is 0.308 e. The Labute approximate surface area is 120 Å². The quantitative estimate of drug-likeness (QED) is 0.784. The number of hydrogen-bond acceptors (Lipinski definition) is 5. The molecule has 110 valence electrons. The van der Waals surface area contributed by atoms with Gasteiger partial charge in [-0.1, -0.05) is 37.3 Å². The summed E-state index contributed by atoms with van der Waals surface area (Å²) in [6.45, 7) is 1.48. The summed E-state index contributed by atoms with van der Waals surface area (Å²) in [6, 6.07) is 9.28. The molecule has 1 atom stereocenters. The molecule has 0 aliphatic carbocycles. The van der Waals surface area contributed by atoms with E-state index < -0.39 is 11.9 Å². The summed E-state index contributed by atoms with van der Waals surface area (Å²) in [7, 11) is 0. The molecule has 0 spiro atoms. The summed E-state index contributed by atoms with van der Waals surface area (Å²) in [5.74, 6) is -1.53. The van der Waals surface area contributed by atoms with E-state index in [-0.39, 0.29) is 19.0 Å². The fourth-order valence-electron chi connectivity index (χ4n) is 1.55. The zero-order valence-electron chi connectivity index (χ0n) is 11.4. The molecule has 1 unspecified atom stereocenters. The molecule has 0 fully saturated rings. The van der Waals surface area contributed by atoms with Gasteiger partial charge in [0.1, 0.15) is 6.54 Å². The minimum absolute atomic E-state index is 0.0639. The lowest BCUT2D eigenvalue weighted by Crippen LogP contribution is -2.34. The Morgan fingerprint density at radius 2 is 2.05 bits per heavy atom. The number of nitrogens with one attached hydrogen (secondary N) is 1. The van der Waals surface area contributed by atoms with Gasteiger partial charge in [-0.25, -0.2) is 0 Å². The Morgan fingerprint density at radius 3 is 2.71 bits per heavy atom. The average Bonchev–Trinajstić information content (AvgIpc) is 2.94. The van der Waals surface area contributed by atoms with Crippen LogP contribution in [0.25, 0.3) is 11.4 Å². The molecule has 1 amide bonds. The summed E-state index contributed by atoms with van der Waals surface area (Å²) >= 11 is 0. The van der Waals surface area contributed by atoms with Gasteiger partial charge < -0.3 is 10.4 Å². The van der Waals surface area contributed by atoms with Gasteiger partial charge in [-0.15, -0.1) is 10.2 Å². The normalized spacial score (nSPS) is 11.9. The molecule has 1 heterocycles. The molecule has 0 saturated heterocycles. The highest BCUT2D eigenvalue weighted by Crippen LogP contribution is 2.11. The Kier molecular flexibility index (Phi) is 4.60. The van der Waals surface area contributed by atoms with Crippen molar-refractivity contribution in [3.8, 4) is 11.4 Å². The van der Waals surface area contributed by atoms with Crippen molar-refractivity contribution in [2.24, 2.45) is 5.92 Å². The first kappa shape index (κ1) is 14.6. The maximum absolute atomic E-state index is 11.7. The summed E-state index contributed by atoms with van der Waals surface area (Å²) in [6.07, 6.45) is 0. The highest BCUT2D eigenvalue weighted by atomic mass is 16.4. The maximum atomic E-state index is 11.7. The predicted octanol–water partition coefficient (Wildman–Crippen LogP) is 0.177. The topological polar surface area (TPSA) is 110 Å². The van der Waals surface area contributed by atoms with Gasteiger partial charge in [-0.05, 0) is 5.21 Å². The number of benzene rings is 1. The highest BCUT2D eigenvalue weighted by Gasteiger charge is 2.13. The average molecular weight is 289 g/mol. The number of aliphatic carboxylic acids is 1. The second-order valence-electron chi connectivity index (χ2n) is 4.55. The van der Waals surface area contributed by atoms with Crippen LogP contribution in [0.1, 0.15) is 6.92 Å². The van der Waals surface area contributed by atoms with Crippen molar-refractivity contribution in [1.29, 1.82) is 0 Å². The Bertz CT molecular complexity index is 626. The number of carboxylic acid groups (broad SMARTS) is 1. The van der Waals surface area contributed by atoms with Crippen LogP contribution in [0.5, 0.6) is 0 Å². The largest absolute Gasteiger partial charge is 0.481 e. The number of aromatic nitrogens is 4. The number of carbonyl (C=O) groups excluding carboxylic acids is 1. The van der Waals surface area contributed by atoms with Gasteiger partial charge in [0, 0.05) is 12.1 Å². The molecule has 21 heavy (non-hydrogen) atoms. The first-order valence-electron chi connectivity index (χ1n) is 6.39. The number of nitrogens with zero attached hydrogens (tertiary/aromatic N) is 4. The lowest BCUT2D eigenvalue weighted by Gasteiger charge is -2.07. The fraction of sp³-hybridized carbons (Fsp3) is 0.308. The van der Waals surface area contributed by atoms with Crippen LogP contribution in [0.2, 0.25) is 0 Å². The van der Waals surface area contributed by atoms with Crippen molar-refractivity contribution in [2.75, 3.05) is 6.54 Å². The monoisotopic (exact) mass is 289 g/mol. The van der Waals surface area contributed by atoms with E-state index in [1.807, 2.05) is 30.3 Å². The van der Waals surface area contributed by atoms with Crippen molar-refractivity contribution >= 4 is 11.9 Å². The van der Waals surface area contributed by atoms with Crippen LogP contribution in [0, 0.1) is 5.92 Å². The Hall–Kier alpha value is -2.77. The summed E-state index contributed by atoms with van der Waals surface area (Å²) in [4.78, 5) is 23.5. The van der Waals surface area contributed by atoms with Gasteiger partial charge in [-0.2, -0.15) is 4.80 Å². The van der Waals surface area contributed by atoms with E-state index in [4.69, 9.17) is 5.11 Å². The standard InChI is InChI=1S/C13H15N5O3/c1-9(13(20)21)7-14-11(19)8-18-16-12(15-17-18)10-5-3-2-4-6-10/h2-6,9H,7-8H2,1H3,(H,14,19)(H,20,21). The number of hydrogen-bond donors (Lipinski definition) is 2. The number of carbonyl (C=O) groups is 2. The first-order valence-corrected chi connectivity index (χ1v) is 6.39. The molecule has 0 saturated carbocycles. The van der Waals surface area contributed by atoms with Gasteiger partial charge in [0.2, 0.25) is 11.7 Å². The molecule has 2 aromatic rings. The molecule has 2 N–H and O–H groups in total. The van der Waals surface area contributed by atoms with Crippen LogP contribution in [0.3, 0.4) is 0 Å². The molecule has 1 aromatic carbocycles. The highest BCUT2D eigenvalue weighted by molar-refractivity contribution is 5.76. The second-order valence-corrected chi connectivity index (χ2v) is 4.55. The molecule has 8 nitrogen and oxygen atoms in total. The third-order valence-electron chi connectivity index (χ3n) is 2.80. The van der Waals surface area contributed by atoms with E-state index >= 15 is 0 Å². The van der Waals surface area contributed by atoms with Crippen molar-refractivity contribution in [3.05, 3.63) is 30.3 Å². The second kappa shape index (κ2) is 6.60. The van der Waals surface area contributed by atoms with Crippen molar-refractivity contribution < 1.29 is 14.7 Å². The third-order valence-corrected chi connectivity index (χ3v) is 2.80. The van der Waals surface area contributed by atoms with Crippen molar-refractivity contribution in [3.63, 3.8) is 0 Å². The van der Waals surface area contributed by atoms with Crippen molar-refractivity contribution in [1.82, 2.24) is 25.5 Å². The number of amides is 1. The molecular weight excluding hydrogens is 274 g/mol. The molecule has 0 aliphatic rings. The maximum Gasteiger partial charge on any atom is 0.308 e. The molecule has 8 heteroatoms. The van der Waals surface area contributed by atoms with Crippen LogP contribution >= 0.6 is 0 Å². The third kappa shape index (κ3) is 4.10. The number of carboxylic acids is 1. The van der Waals surface area contributed by atoms with Crippen molar-refractivity contribution in [2.45, 2.75) is 13.5 Å². The minimum atomic E-state index is -0.958. The van der Waals surface area contributed by atoms with Gasteiger partial charge in [0.05, 0.1) is 5.92 Å².